The molecule has 124 valence electrons. The van der Waals surface area contributed by atoms with Gasteiger partial charge in [-0.3, -0.25) is 0 Å². The van der Waals surface area contributed by atoms with Crippen LogP contribution >= 0.6 is 0 Å². The van der Waals surface area contributed by atoms with Crippen LogP contribution in [0.1, 0.15) is 60.3 Å². The Morgan fingerprint density at radius 2 is 1.48 bits per heavy atom. The lowest BCUT2D eigenvalue weighted by molar-refractivity contribution is -0.126. The Bertz CT molecular complexity index is 312. The number of ether oxygens (including phenoxy) is 4. The van der Waals surface area contributed by atoms with Gasteiger partial charge in [0.15, 0.2) is 0 Å². The Morgan fingerprint density at radius 3 is 2.00 bits per heavy atom. The number of hydrogen-bond donors (Lipinski definition) is 0. The minimum Gasteiger partial charge on any atom is -0.370 e. The maximum Gasteiger partial charge on any atom is 0.115 e. The maximum atomic E-state index is 6.31. The third kappa shape index (κ3) is 3.79. The molecule has 0 N–H and O–H groups in total. The summed E-state index contributed by atoms with van der Waals surface area (Å²) in [5.41, 5.74) is -0.0827. The minimum absolute atomic E-state index is 0.0294. The third-order valence-electron chi connectivity index (χ3n) is 5.17. The van der Waals surface area contributed by atoms with Crippen molar-refractivity contribution in [2.45, 2.75) is 96.4 Å². The van der Waals surface area contributed by atoms with E-state index in [2.05, 4.69) is 34.6 Å². The molecule has 2 aliphatic rings. The van der Waals surface area contributed by atoms with E-state index in [0.717, 1.165) is 25.7 Å². The summed E-state index contributed by atoms with van der Waals surface area (Å²) < 4.78 is 24.4. The topological polar surface area (TPSA) is 36.9 Å². The van der Waals surface area contributed by atoms with Gasteiger partial charge < -0.3 is 18.9 Å². The molecule has 21 heavy (non-hydrogen) atoms. The Balaban J connectivity index is 1.92. The van der Waals surface area contributed by atoms with Crippen molar-refractivity contribution in [3.8, 4) is 0 Å². The van der Waals surface area contributed by atoms with E-state index in [9.17, 15) is 0 Å². The summed E-state index contributed by atoms with van der Waals surface area (Å²) in [6.07, 6.45) is 4.55. The van der Waals surface area contributed by atoms with Gasteiger partial charge in [-0.05, 0) is 32.6 Å². The molecule has 0 aliphatic carbocycles. The summed E-state index contributed by atoms with van der Waals surface area (Å²) in [6.45, 7) is 12.1. The highest BCUT2D eigenvalue weighted by molar-refractivity contribution is 4.97. The van der Waals surface area contributed by atoms with Crippen molar-refractivity contribution in [2.24, 2.45) is 0 Å². The first-order valence-electron chi connectivity index (χ1n) is 8.63. The first kappa shape index (κ1) is 17.2. The van der Waals surface area contributed by atoms with Gasteiger partial charge in [-0.2, -0.15) is 0 Å². The molecule has 0 aromatic rings. The fraction of sp³-hybridized carbons (Fsp3) is 1.00. The molecule has 2 aliphatic heterocycles. The molecule has 4 heteroatoms. The SMILES string of the molecule is CCC(CC)OC1COC2C(OC(C)(CC)CC)COC12. The Morgan fingerprint density at radius 1 is 0.952 bits per heavy atom. The summed E-state index contributed by atoms with van der Waals surface area (Å²) >= 11 is 0. The van der Waals surface area contributed by atoms with E-state index in [1.54, 1.807) is 0 Å². The van der Waals surface area contributed by atoms with Crippen molar-refractivity contribution in [1.82, 2.24) is 0 Å². The Hall–Kier alpha value is -0.160. The largest absolute Gasteiger partial charge is 0.370 e. The van der Waals surface area contributed by atoms with Gasteiger partial charge in [0.25, 0.3) is 0 Å². The molecule has 0 aromatic carbocycles. The van der Waals surface area contributed by atoms with Crippen LogP contribution in [0.2, 0.25) is 0 Å². The standard InChI is InChI=1S/C17H32O4/c1-6-12(7-2)20-13-10-18-16-14(11-19-15(13)16)21-17(5,8-3)9-4/h12-16H,6-11H2,1-5H3. The maximum absolute atomic E-state index is 6.31. The second kappa shape index (κ2) is 7.40. The number of rotatable bonds is 8. The van der Waals surface area contributed by atoms with Crippen molar-refractivity contribution in [3.63, 3.8) is 0 Å². The van der Waals surface area contributed by atoms with E-state index < -0.39 is 0 Å². The predicted octanol–water partition coefficient (Wildman–Crippen LogP) is 3.32. The highest BCUT2D eigenvalue weighted by Gasteiger charge is 2.50. The molecule has 2 fully saturated rings. The van der Waals surface area contributed by atoms with E-state index in [1.165, 1.54) is 0 Å². The van der Waals surface area contributed by atoms with Crippen molar-refractivity contribution in [1.29, 1.82) is 0 Å². The van der Waals surface area contributed by atoms with Crippen LogP contribution in [0.3, 0.4) is 0 Å². The lowest BCUT2D eigenvalue weighted by Gasteiger charge is -2.32. The molecule has 0 aromatic heterocycles. The van der Waals surface area contributed by atoms with Gasteiger partial charge in [0.1, 0.15) is 24.4 Å². The van der Waals surface area contributed by atoms with E-state index >= 15 is 0 Å². The summed E-state index contributed by atoms with van der Waals surface area (Å²) in [5.74, 6) is 0. The van der Waals surface area contributed by atoms with E-state index in [1.807, 2.05) is 0 Å². The van der Waals surface area contributed by atoms with Gasteiger partial charge in [0.05, 0.1) is 24.9 Å². The third-order valence-corrected chi connectivity index (χ3v) is 5.17. The van der Waals surface area contributed by atoms with Gasteiger partial charge in [0.2, 0.25) is 0 Å². The molecular weight excluding hydrogens is 268 g/mol. The highest BCUT2D eigenvalue weighted by Crippen LogP contribution is 2.34. The van der Waals surface area contributed by atoms with Crippen molar-refractivity contribution < 1.29 is 18.9 Å². The highest BCUT2D eigenvalue weighted by atomic mass is 16.6. The fourth-order valence-electron chi connectivity index (χ4n) is 3.16. The predicted molar refractivity (Wildman–Crippen MR) is 82.6 cm³/mol. The van der Waals surface area contributed by atoms with Crippen LogP contribution in [0, 0.1) is 0 Å². The molecule has 4 atom stereocenters. The van der Waals surface area contributed by atoms with E-state index in [-0.39, 0.29) is 30.0 Å². The number of hydrogen-bond acceptors (Lipinski definition) is 4. The Kier molecular flexibility index (Phi) is 6.06. The van der Waals surface area contributed by atoms with Gasteiger partial charge in [-0.25, -0.2) is 0 Å². The van der Waals surface area contributed by atoms with Crippen LogP contribution in [0.4, 0.5) is 0 Å². The zero-order valence-corrected chi connectivity index (χ0v) is 14.3. The van der Waals surface area contributed by atoms with Gasteiger partial charge in [0, 0.05) is 0 Å². The summed E-state index contributed by atoms with van der Waals surface area (Å²) in [6, 6.07) is 0. The minimum atomic E-state index is -0.0827. The van der Waals surface area contributed by atoms with Crippen LogP contribution in [-0.2, 0) is 18.9 Å². The zero-order chi connectivity index (χ0) is 15.5. The van der Waals surface area contributed by atoms with E-state index in [4.69, 9.17) is 18.9 Å². The van der Waals surface area contributed by atoms with E-state index in [0.29, 0.717) is 19.3 Å². The quantitative estimate of drug-likeness (QED) is 0.689. The zero-order valence-electron chi connectivity index (χ0n) is 14.3. The average Bonchev–Trinajstić information content (AvgIpc) is 3.08. The molecule has 2 saturated heterocycles. The van der Waals surface area contributed by atoms with Crippen LogP contribution in [0.5, 0.6) is 0 Å². The van der Waals surface area contributed by atoms with Gasteiger partial charge >= 0.3 is 0 Å². The Labute approximate surface area is 129 Å². The summed E-state index contributed by atoms with van der Waals surface area (Å²) in [5, 5.41) is 0. The molecule has 2 rings (SSSR count). The molecule has 2 heterocycles. The van der Waals surface area contributed by atoms with Crippen molar-refractivity contribution in [2.75, 3.05) is 13.2 Å². The van der Waals surface area contributed by atoms with Crippen LogP contribution in [0.15, 0.2) is 0 Å². The molecule has 4 unspecified atom stereocenters. The molecule has 0 radical (unpaired) electrons. The second-order valence-electron chi connectivity index (χ2n) is 6.52. The second-order valence-corrected chi connectivity index (χ2v) is 6.52. The van der Waals surface area contributed by atoms with Crippen molar-refractivity contribution >= 4 is 0 Å². The monoisotopic (exact) mass is 300 g/mol. The average molecular weight is 300 g/mol. The van der Waals surface area contributed by atoms with Gasteiger partial charge in [-0.1, -0.05) is 27.7 Å². The molecule has 0 amide bonds. The molecule has 0 bridgehead atoms. The van der Waals surface area contributed by atoms with Crippen LogP contribution in [-0.4, -0.2) is 49.3 Å². The summed E-state index contributed by atoms with van der Waals surface area (Å²) in [4.78, 5) is 0. The van der Waals surface area contributed by atoms with Crippen LogP contribution in [0.25, 0.3) is 0 Å². The lowest BCUT2D eigenvalue weighted by atomic mass is 9.99. The van der Waals surface area contributed by atoms with Crippen LogP contribution < -0.4 is 0 Å². The van der Waals surface area contributed by atoms with Gasteiger partial charge in [-0.15, -0.1) is 0 Å². The smallest absolute Gasteiger partial charge is 0.115 e. The lowest BCUT2D eigenvalue weighted by Crippen LogP contribution is -2.40. The fourth-order valence-corrected chi connectivity index (χ4v) is 3.16. The molecule has 0 saturated carbocycles. The number of fused-ring (bicyclic) bond motifs is 1. The normalized spacial score (nSPS) is 32.9. The molecule has 0 spiro atoms. The van der Waals surface area contributed by atoms with Crippen molar-refractivity contribution in [3.05, 3.63) is 0 Å². The first-order chi connectivity index (χ1) is 10.1. The summed E-state index contributed by atoms with van der Waals surface area (Å²) in [7, 11) is 0. The molecule has 4 nitrogen and oxygen atoms in total. The molecular formula is C17H32O4. The first-order valence-corrected chi connectivity index (χ1v) is 8.63.